The van der Waals surface area contributed by atoms with Crippen LogP contribution in [0.4, 0.5) is 0 Å². The zero-order valence-corrected chi connectivity index (χ0v) is 9.76. The molecule has 0 amide bonds. The number of tetrazole rings is 1. The molecule has 0 bridgehead atoms. The van der Waals surface area contributed by atoms with Crippen molar-refractivity contribution in [2.75, 3.05) is 0 Å². The molecule has 1 atom stereocenters. The maximum absolute atomic E-state index is 4.08. The average Bonchev–Trinajstić information content (AvgIpc) is 3.18. The molecular formula is C11H19N5. The molecule has 16 heavy (non-hydrogen) atoms. The van der Waals surface area contributed by atoms with Gasteiger partial charge >= 0.3 is 0 Å². The second-order valence-corrected chi connectivity index (χ2v) is 5.23. The lowest BCUT2D eigenvalue weighted by Crippen LogP contribution is -2.27. The summed E-state index contributed by atoms with van der Waals surface area (Å²) in [5, 5.41) is 15.4. The third-order valence-electron chi connectivity index (χ3n) is 3.45. The summed E-state index contributed by atoms with van der Waals surface area (Å²) >= 11 is 0. The van der Waals surface area contributed by atoms with Crippen LogP contribution in [0.25, 0.3) is 0 Å². The Kier molecular flexibility index (Phi) is 2.63. The Balaban J connectivity index is 1.50. The number of hydrogen-bond donors (Lipinski definition) is 1. The van der Waals surface area contributed by atoms with Crippen molar-refractivity contribution in [3.8, 4) is 0 Å². The van der Waals surface area contributed by atoms with Crippen molar-refractivity contribution < 1.29 is 0 Å². The van der Waals surface area contributed by atoms with Crippen LogP contribution < -0.4 is 5.32 Å². The Labute approximate surface area is 95.6 Å². The summed E-state index contributed by atoms with van der Waals surface area (Å²) in [6.45, 7) is 3.06. The molecule has 2 aliphatic rings. The van der Waals surface area contributed by atoms with Gasteiger partial charge in [-0.15, -0.1) is 5.10 Å². The molecule has 1 heterocycles. The first-order chi connectivity index (χ1) is 7.83. The first-order valence-corrected chi connectivity index (χ1v) is 6.33. The third kappa shape index (κ3) is 2.40. The summed E-state index contributed by atoms with van der Waals surface area (Å²) in [4.78, 5) is 0. The molecule has 0 aliphatic heterocycles. The number of nitrogens with one attached hydrogen (secondary N) is 1. The lowest BCUT2D eigenvalue weighted by molar-refractivity contribution is 0.465. The van der Waals surface area contributed by atoms with Crippen molar-refractivity contribution in [2.45, 2.75) is 57.7 Å². The summed E-state index contributed by atoms with van der Waals surface area (Å²) in [6.07, 6.45) is 6.61. The first kappa shape index (κ1) is 10.2. The highest BCUT2D eigenvalue weighted by Crippen LogP contribution is 2.35. The second kappa shape index (κ2) is 4.13. The topological polar surface area (TPSA) is 55.6 Å². The zero-order chi connectivity index (χ0) is 11.0. The van der Waals surface area contributed by atoms with E-state index in [1.165, 1.54) is 32.1 Å². The van der Waals surface area contributed by atoms with Gasteiger partial charge in [0.15, 0.2) is 5.82 Å². The monoisotopic (exact) mass is 221 g/mol. The molecule has 1 aromatic rings. The normalized spacial score (nSPS) is 22.3. The van der Waals surface area contributed by atoms with E-state index in [2.05, 4.69) is 27.8 Å². The minimum atomic E-state index is 0.575. The minimum Gasteiger partial charge on any atom is -0.307 e. The van der Waals surface area contributed by atoms with E-state index in [0.29, 0.717) is 12.1 Å². The number of hydrogen-bond acceptors (Lipinski definition) is 4. The Hall–Kier alpha value is -0.970. The largest absolute Gasteiger partial charge is 0.307 e. The highest BCUT2D eigenvalue weighted by molar-refractivity contribution is 4.90. The Morgan fingerprint density at radius 3 is 2.88 bits per heavy atom. The fraction of sp³-hybridized carbons (Fsp3) is 0.909. The van der Waals surface area contributed by atoms with Crippen LogP contribution in [-0.2, 0) is 6.54 Å². The van der Waals surface area contributed by atoms with Crippen LogP contribution in [0.1, 0.15) is 50.9 Å². The fourth-order valence-electron chi connectivity index (χ4n) is 2.13. The predicted molar refractivity (Wildman–Crippen MR) is 59.7 cm³/mol. The molecule has 5 nitrogen and oxygen atoms in total. The van der Waals surface area contributed by atoms with Crippen molar-refractivity contribution >= 4 is 0 Å². The molecule has 0 spiro atoms. The number of rotatable bonds is 6. The molecule has 3 rings (SSSR count). The third-order valence-corrected chi connectivity index (χ3v) is 3.45. The van der Waals surface area contributed by atoms with Crippen molar-refractivity contribution in [1.29, 1.82) is 0 Å². The summed E-state index contributed by atoms with van der Waals surface area (Å²) in [7, 11) is 0. The van der Waals surface area contributed by atoms with E-state index in [0.717, 1.165) is 18.3 Å². The number of nitrogens with zero attached hydrogens (tertiary/aromatic N) is 4. The van der Waals surface area contributed by atoms with Gasteiger partial charge in [-0.3, -0.25) is 0 Å². The quantitative estimate of drug-likeness (QED) is 0.786. The van der Waals surface area contributed by atoms with Gasteiger partial charge in [-0.2, -0.15) is 0 Å². The van der Waals surface area contributed by atoms with Crippen LogP contribution in [0.2, 0.25) is 0 Å². The summed E-state index contributed by atoms with van der Waals surface area (Å²) < 4.78 is 1.98. The van der Waals surface area contributed by atoms with Crippen LogP contribution in [0.3, 0.4) is 0 Å². The van der Waals surface area contributed by atoms with Crippen LogP contribution in [0.15, 0.2) is 0 Å². The lowest BCUT2D eigenvalue weighted by Gasteiger charge is -2.12. The molecule has 5 heteroatoms. The van der Waals surface area contributed by atoms with E-state index in [4.69, 9.17) is 0 Å². The molecule has 0 radical (unpaired) electrons. The Morgan fingerprint density at radius 2 is 2.19 bits per heavy atom. The van der Waals surface area contributed by atoms with Crippen LogP contribution in [0.5, 0.6) is 0 Å². The van der Waals surface area contributed by atoms with Gasteiger partial charge in [0, 0.05) is 6.04 Å². The molecule has 0 saturated heterocycles. The smallest absolute Gasteiger partial charge is 0.165 e. The zero-order valence-electron chi connectivity index (χ0n) is 9.76. The molecule has 2 fully saturated rings. The molecule has 1 N–H and O–H groups in total. The van der Waals surface area contributed by atoms with E-state index in [1.54, 1.807) is 0 Å². The van der Waals surface area contributed by atoms with Gasteiger partial charge in [-0.05, 0) is 42.5 Å². The van der Waals surface area contributed by atoms with E-state index in [9.17, 15) is 0 Å². The molecule has 2 saturated carbocycles. The van der Waals surface area contributed by atoms with E-state index >= 15 is 0 Å². The van der Waals surface area contributed by atoms with Crippen LogP contribution in [0, 0.1) is 5.92 Å². The Bertz CT molecular complexity index is 353. The molecule has 0 aromatic carbocycles. The highest BCUT2D eigenvalue weighted by atomic mass is 15.6. The van der Waals surface area contributed by atoms with E-state index in [1.807, 2.05) is 4.68 Å². The molecule has 1 aromatic heterocycles. The minimum absolute atomic E-state index is 0.575. The van der Waals surface area contributed by atoms with Gasteiger partial charge < -0.3 is 5.32 Å². The van der Waals surface area contributed by atoms with Gasteiger partial charge in [0.1, 0.15) is 0 Å². The van der Waals surface area contributed by atoms with Crippen molar-refractivity contribution in [3.05, 3.63) is 5.82 Å². The van der Waals surface area contributed by atoms with Crippen molar-refractivity contribution in [2.24, 2.45) is 5.92 Å². The fourth-order valence-corrected chi connectivity index (χ4v) is 2.13. The summed E-state index contributed by atoms with van der Waals surface area (Å²) in [5.41, 5.74) is 0. The van der Waals surface area contributed by atoms with Gasteiger partial charge in [0.25, 0.3) is 0 Å². The average molecular weight is 221 g/mol. The first-order valence-electron chi connectivity index (χ1n) is 6.33. The highest BCUT2D eigenvalue weighted by Gasteiger charge is 2.28. The second-order valence-electron chi connectivity index (χ2n) is 5.23. The Morgan fingerprint density at radius 1 is 1.38 bits per heavy atom. The SMILES string of the molecule is CC(CC1CC1)NCc1nnnn1C1CC1. The van der Waals surface area contributed by atoms with Crippen molar-refractivity contribution in [3.63, 3.8) is 0 Å². The van der Waals surface area contributed by atoms with Gasteiger partial charge in [-0.25, -0.2) is 4.68 Å². The maximum Gasteiger partial charge on any atom is 0.165 e. The van der Waals surface area contributed by atoms with Gasteiger partial charge in [0.2, 0.25) is 0 Å². The molecular weight excluding hydrogens is 202 g/mol. The van der Waals surface area contributed by atoms with E-state index in [-0.39, 0.29) is 0 Å². The van der Waals surface area contributed by atoms with Gasteiger partial charge in [0.05, 0.1) is 12.6 Å². The predicted octanol–water partition coefficient (Wildman–Crippen LogP) is 1.29. The van der Waals surface area contributed by atoms with E-state index < -0.39 is 0 Å². The molecule has 2 aliphatic carbocycles. The standard InChI is InChI=1S/C11H19N5/c1-8(6-9-2-3-9)12-7-11-13-14-15-16(11)10-4-5-10/h8-10,12H,2-7H2,1H3. The van der Waals surface area contributed by atoms with Crippen molar-refractivity contribution in [1.82, 2.24) is 25.5 Å². The maximum atomic E-state index is 4.08. The molecule has 88 valence electrons. The molecule has 1 unspecified atom stereocenters. The van der Waals surface area contributed by atoms with Crippen LogP contribution in [-0.4, -0.2) is 26.2 Å². The summed E-state index contributed by atoms with van der Waals surface area (Å²) in [5.74, 6) is 1.96. The van der Waals surface area contributed by atoms with Gasteiger partial charge in [-0.1, -0.05) is 12.8 Å². The lowest BCUT2D eigenvalue weighted by atomic mass is 10.1. The van der Waals surface area contributed by atoms with Crippen LogP contribution >= 0.6 is 0 Å². The summed E-state index contributed by atoms with van der Waals surface area (Å²) in [6, 6.07) is 1.15. The number of aromatic nitrogens is 4.